The lowest BCUT2D eigenvalue weighted by Crippen LogP contribution is -2.60. The van der Waals surface area contributed by atoms with E-state index in [0.29, 0.717) is 6.42 Å². The van der Waals surface area contributed by atoms with Gasteiger partial charge in [-0.25, -0.2) is 4.79 Å². The van der Waals surface area contributed by atoms with Crippen LogP contribution in [0.1, 0.15) is 21.6 Å². The summed E-state index contributed by atoms with van der Waals surface area (Å²) in [6.07, 6.45) is 1.76. The van der Waals surface area contributed by atoms with E-state index in [1.165, 1.54) is 17.0 Å². The van der Waals surface area contributed by atoms with Crippen molar-refractivity contribution in [2.45, 2.75) is 31.3 Å². The van der Waals surface area contributed by atoms with Crippen LogP contribution in [0.2, 0.25) is 6.32 Å². The molecule has 30 heavy (non-hydrogen) atoms. The SMILES string of the molecule is N[C@@H](Cc1ccc[nH]1)C(=O)N1CC(Oc2ccc(CCB(O)O)c(O)c2C(=O)O)C1. The largest absolute Gasteiger partial charge is 0.507 e. The molecule has 0 aliphatic carbocycles. The molecule has 1 amide bonds. The van der Waals surface area contributed by atoms with Gasteiger partial charge in [0.15, 0.2) is 0 Å². The van der Waals surface area contributed by atoms with Gasteiger partial charge in [0.1, 0.15) is 23.2 Å². The summed E-state index contributed by atoms with van der Waals surface area (Å²) in [7, 11) is -1.56. The number of carboxylic acids is 1. The van der Waals surface area contributed by atoms with E-state index in [9.17, 15) is 19.8 Å². The minimum Gasteiger partial charge on any atom is -0.507 e. The fraction of sp³-hybridized carbons (Fsp3) is 0.368. The van der Waals surface area contributed by atoms with Gasteiger partial charge < -0.3 is 40.6 Å². The van der Waals surface area contributed by atoms with Crippen molar-refractivity contribution in [3.05, 3.63) is 47.3 Å². The number of benzene rings is 1. The number of nitrogens with zero attached hydrogens (tertiary/aromatic N) is 1. The smallest absolute Gasteiger partial charge is 0.451 e. The third kappa shape index (κ3) is 4.93. The van der Waals surface area contributed by atoms with Crippen LogP contribution in [0.25, 0.3) is 0 Å². The average Bonchev–Trinajstić information content (AvgIpc) is 3.15. The van der Waals surface area contributed by atoms with Crippen molar-refractivity contribution in [1.29, 1.82) is 0 Å². The van der Waals surface area contributed by atoms with Gasteiger partial charge in [-0.3, -0.25) is 4.79 Å². The molecular formula is C19H24BN3O7. The van der Waals surface area contributed by atoms with Gasteiger partial charge in [-0.15, -0.1) is 0 Å². The van der Waals surface area contributed by atoms with E-state index in [4.69, 9.17) is 20.5 Å². The van der Waals surface area contributed by atoms with Crippen LogP contribution in [-0.2, 0) is 17.6 Å². The number of carbonyl (C=O) groups excluding carboxylic acids is 1. The number of carboxylic acid groups (broad SMARTS) is 1. The van der Waals surface area contributed by atoms with E-state index in [0.717, 1.165) is 5.69 Å². The molecule has 11 heteroatoms. The molecule has 1 fully saturated rings. The number of aromatic nitrogens is 1. The Balaban J connectivity index is 1.60. The van der Waals surface area contributed by atoms with Gasteiger partial charge in [-0.2, -0.15) is 0 Å². The van der Waals surface area contributed by atoms with Gasteiger partial charge in [0, 0.05) is 18.3 Å². The van der Waals surface area contributed by atoms with Gasteiger partial charge in [-0.05, 0) is 36.5 Å². The van der Waals surface area contributed by atoms with Crippen LogP contribution in [0.5, 0.6) is 11.5 Å². The van der Waals surface area contributed by atoms with Crippen LogP contribution in [0, 0.1) is 0 Å². The summed E-state index contributed by atoms with van der Waals surface area (Å²) < 4.78 is 5.69. The van der Waals surface area contributed by atoms with E-state index in [-0.39, 0.29) is 43.1 Å². The molecule has 1 aliphatic rings. The van der Waals surface area contributed by atoms with E-state index in [1.54, 1.807) is 6.20 Å². The number of hydrogen-bond acceptors (Lipinski definition) is 7. The van der Waals surface area contributed by atoms with Crippen LogP contribution in [0.3, 0.4) is 0 Å². The first kappa shape index (κ1) is 21.7. The summed E-state index contributed by atoms with van der Waals surface area (Å²) in [6, 6.07) is 5.88. The summed E-state index contributed by atoms with van der Waals surface area (Å²) in [6.45, 7) is 0.519. The Bertz CT molecular complexity index is 898. The molecule has 1 atom stereocenters. The third-order valence-corrected chi connectivity index (χ3v) is 4.98. The van der Waals surface area contributed by atoms with E-state index in [1.807, 2.05) is 12.1 Å². The first-order valence-electron chi connectivity index (χ1n) is 9.53. The first-order chi connectivity index (χ1) is 14.3. The van der Waals surface area contributed by atoms with Gasteiger partial charge in [-0.1, -0.05) is 6.07 Å². The van der Waals surface area contributed by atoms with Crippen molar-refractivity contribution in [1.82, 2.24) is 9.88 Å². The van der Waals surface area contributed by atoms with Gasteiger partial charge in [0.05, 0.1) is 19.1 Å². The van der Waals surface area contributed by atoms with Gasteiger partial charge >= 0.3 is 13.1 Å². The number of H-pyrrole nitrogens is 1. The quantitative estimate of drug-likeness (QED) is 0.299. The Labute approximate surface area is 173 Å². The number of carbonyl (C=O) groups is 2. The van der Waals surface area contributed by atoms with Crippen molar-refractivity contribution < 1.29 is 34.6 Å². The number of amides is 1. The van der Waals surface area contributed by atoms with Crippen molar-refractivity contribution in [2.24, 2.45) is 5.73 Å². The summed E-state index contributed by atoms with van der Waals surface area (Å²) >= 11 is 0. The number of aryl methyl sites for hydroxylation is 1. The Morgan fingerprint density at radius 3 is 2.63 bits per heavy atom. The maximum absolute atomic E-state index is 12.4. The van der Waals surface area contributed by atoms with Crippen LogP contribution in [0.4, 0.5) is 0 Å². The van der Waals surface area contributed by atoms with Crippen molar-refractivity contribution in [3.8, 4) is 11.5 Å². The number of likely N-dealkylation sites (tertiary alicyclic amines) is 1. The molecule has 0 spiro atoms. The third-order valence-electron chi connectivity index (χ3n) is 4.98. The van der Waals surface area contributed by atoms with E-state index < -0.39 is 36.5 Å². The molecule has 1 aliphatic heterocycles. The molecule has 0 unspecified atom stereocenters. The highest BCUT2D eigenvalue weighted by molar-refractivity contribution is 6.41. The normalized spacial score (nSPS) is 14.8. The molecule has 3 rings (SSSR count). The first-order valence-corrected chi connectivity index (χ1v) is 9.53. The zero-order chi connectivity index (χ0) is 21.8. The lowest BCUT2D eigenvalue weighted by molar-refractivity contribution is -0.141. The van der Waals surface area contributed by atoms with Crippen LogP contribution >= 0.6 is 0 Å². The zero-order valence-corrected chi connectivity index (χ0v) is 16.2. The minimum absolute atomic E-state index is 0.0129. The highest BCUT2D eigenvalue weighted by Gasteiger charge is 2.36. The lowest BCUT2D eigenvalue weighted by Gasteiger charge is -2.40. The van der Waals surface area contributed by atoms with Crippen LogP contribution in [-0.4, -0.2) is 74.4 Å². The molecule has 1 aromatic heterocycles. The maximum atomic E-state index is 12.4. The molecule has 2 aromatic rings. The van der Waals surface area contributed by atoms with Crippen molar-refractivity contribution in [3.63, 3.8) is 0 Å². The number of aromatic carboxylic acids is 1. The van der Waals surface area contributed by atoms with Crippen LogP contribution in [0.15, 0.2) is 30.5 Å². The molecule has 0 radical (unpaired) electrons. The molecule has 160 valence electrons. The molecule has 1 saturated heterocycles. The molecule has 1 aromatic carbocycles. The maximum Gasteiger partial charge on any atom is 0.451 e. The lowest BCUT2D eigenvalue weighted by atomic mass is 9.82. The molecule has 2 heterocycles. The summed E-state index contributed by atoms with van der Waals surface area (Å²) in [5.41, 5.74) is 6.71. The molecule has 0 bridgehead atoms. The minimum atomic E-state index is -1.56. The van der Waals surface area contributed by atoms with Crippen molar-refractivity contribution in [2.75, 3.05) is 13.1 Å². The summed E-state index contributed by atoms with van der Waals surface area (Å²) in [4.78, 5) is 28.6. The number of nitrogens with two attached hydrogens (primary N) is 1. The molecule has 7 N–H and O–H groups in total. The Morgan fingerprint density at radius 2 is 2.03 bits per heavy atom. The average molecular weight is 417 g/mol. The summed E-state index contributed by atoms with van der Waals surface area (Å²) in [5, 5.41) is 37.7. The Morgan fingerprint density at radius 1 is 1.30 bits per heavy atom. The fourth-order valence-electron chi connectivity index (χ4n) is 3.33. The molecule has 0 saturated carbocycles. The topological polar surface area (TPSA) is 169 Å². The second kappa shape index (κ2) is 9.20. The predicted octanol–water partition coefficient (Wildman–Crippen LogP) is -0.407. The van der Waals surface area contributed by atoms with Crippen molar-refractivity contribution >= 4 is 19.0 Å². The number of rotatable bonds is 9. The Kier molecular flexibility index (Phi) is 6.65. The monoisotopic (exact) mass is 417 g/mol. The zero-order valence-electron chi connectivity index (χ0n) is 16.2. The number of phenols is 1. The number of nitrogens with one attached hydrogen (secondary N) is 1. The van der Waals surface area contributed by atoms with E-state index in [2.05, 4.69) is 4.98 Å². The van der Waals surface area contributed by atoms with Gasteiger partial charge in [0.25, 0.3) is 0 Å². The van der Waals surface area contributed by atoms with Crippen LogP contribution < -0.4 is 10.5 Å². The van der Waals surface area contributed by atoms with E-state index >= 15 is 0 Å². The summed E-state index contributed by atoms with van der Waals surface area (Å²) in [5.74, 6) is -2.07. The van der Waals surface area contributed by atoms with Gasteiger partial charge in [0.2, 0.25) is 5.91 Å². The fourth-order valence-corrected chi connectivity index (χ4v) is 3.33. The number of ether oxygens (including phenoxy) is 1. The second-order valence-electron chi connectivity index (χ2n) is 7.26. The second-order valence-corrected chi connectivity index (χ2v) is 7.26. The number of aromatic hydroxyl groups is 1. The predicted molar refractivity (Wildman–Crippen MR) is 107 cm³/mol. The highest BCUT2D eigenvalue weighted by Crippen LogP contribution is 2.34. The molecule has 10 nitrogen and oxygen atoms in total. The number of aromatic amines is 1. The highest BCUT2D eigenvalue weighted by atomic mass is 16.5. The number of hydrogen-bond donors (Lipinski definition) is 6. The standard InChI is InChI=1S/C19H24BN3O7/c21-14(8-12-2-1-7-22-12)18(25)23-9-13(10-23)30-15-4-3-11(5-6-20(28)29)17(24)16(15)19(26)27/h1-4,7,13-14,22,24,28-29H,5-6,8-10,21H2,(H,26,27)/t14-/m0/s1. The molecular weight excluding hydrogens is 393 g/mol. The Hall–Kier alpha value is -3.02.